The molecule has 0 aliphatic carbocycles. The van der Waals surface area contributed by atoms with Gasteiger partial charge in [0.15, 0.2) is 0 Å². The predicted molar refractivity (Wildman–Crippen MR) is 106 cm³/mol. The van der Waals surface area contributed by atoms with Crippen LogP contribution in [0.3, 0.4) is 0 Å². The molecule has 7 nitrogen and oxygen atoms in total. The third-order valence-electron chi connectivity index (χ3n) is 4.68. The van der Waals surface area contributed by atoms with E-state index in [1.807, 2.05) is 24.3 Å². The highest BCUT2D eigenvalue weighted by molar-refractivity contribution is 5.96. The topological polar surface area (TPSA) is 100 Å². The summed E-state index contributed by atoms with van der Waals surface area (Å²) in [5.74, 6) is 1.31. The lowest BCUT2D eigenvalue weighted by Crippen LogP contribution is -2.32. The van der Waals surface area contributed by atoms with E-state index in [0.29, 0.717) is 30.8 Å². The number of ether oxygens (including phenoxy) is 2. The molecule has 7 heteroatoms. The van der Waals surface area contributed by atoms with Crippen LogP contribution in [0.1, 0.15) is 17.5 Å². The lowest BCUT2D eigenvalue weighted by Gasteiger charge is -2.22. The maximum absolute atomic E-state index is 11.5. The van der Waals surface area contributed by atoms with Crippen molar-refractivity contribution < 1.29 is 24.5 Å². The summed E-state index contributed by atoms with van der Waals surface area (Å²) in [6.45, 7) is 1.28. The molecule has 1 heterocycles. The van der Waals surface area contributed by atoms with Crippen molar-refractivity contribution in [1.29, 1.82) is 0 Å². The van der Waals surface area contributed by atoms with Gasteiger partial charge in [0.1, 0.15) is 30.0 Å². The number of carbonyl (C=O) groups excluding carboxylic acids is 1. The molecule has 4 N–H and O–H groups in total. The van der Waals surface area contributed by atoms with Crippen molar-refractivity contribution in [1.82, 2.24) is 5.32 Å². The summed E-state index contributed by atoms with van der Waals surface area (Å²) in [4.78, 5) is 11.5. The molecule has 1 aliphatic heterocycles. The van der Waals surface area contributed by atoms with Crippen LogP contribution in [0, 0.1) is 0 Å². The highest BCUT2D eigenvalue weighted by Crippen LogP contribution is 2.38. The maximum atomic E-state index is 11.5. The first-order chi connectivity index (χ1) is 13.6. The number of benzene rings is 2. The average molecular weight is 386 g/mol. The van der Waals surface area contributed by atoms with E-state index >= 15 is 0 Å². The Labute approximate surface area is 164 Å². The zero-order chi connectivity index (χ0) is 19.9. The summed E-state index contributed by atoms with van der Waals surface area (Å²) in [5.41, 5.74) is 2.36. The Kier molecular flexibility index (Phi) is 6.73. The Hall–Kier alpha value is -2.77. The number of carbonyl (C=O) groups is 1. The molecular weight excluding hydrogens is 360 g/mol. The fourth-order valence-corrected chi connectivity index (χ4v) is 3.12. The largest absolute Gasteiger partial charge is 0.506 e. The minimum Gasteiger partial charge on any atom is -0.506 e. The second-order valence-corrected chi connectivity index (χ2v) is 6.75. The monoisotopic (exact) mass is 386 g/mol. The molecule has 0 unspecified atom stereocenters. The van der Waals surface area contributed by atoms with Crippen LogP contribution in [0.2, 0.25) is 0 Å². The third kappa shape index (κ3) is 5.15. The van der Waals surface area contributed by atoms with Gasteiger partial charge in [-0.3, -0.25) is 4.79 Å². The standard InChI is InChI=1S/C21H26N2O5/c1-27-16-4-2-14(3-5-16)10-11-22-12-15(24)13-28-19-8-7-18(25)21-17(19)6-9-20(26)23-21/h2-5,7-8,15,22,24-25H,6,9-13H2,1H3,(H,23,26)/t15-/m0/s1. The quantitative estimate of drug-likeness (QED) is 0.388. The molecular formula is C21H26N2O5. The summed E-state index contributed by atoms with van der Waals surface area (Å²) in [5, 5.41) is 25.9. The molecule has 1 aliphatic rings. The van der Waals surface area contributed by atoms with Gasteiger partial charge in [-0.25, -0.2) is 0 Å². The van der Waals surface area contributed by atoms with E-state index in [1.165, 1.54) is 11.6 Å². The van der Waals surface area contributed by atoms with Crippen molar-refractivity contribution in [2.75, 3.05) is 32.1 Å². The van der Waals surface area contributed by atoms with Crippen LogP contribution in [0.4, 0.5) is 5.69 Å². The number of nitrogens with one attached hydrogen (secondary N) is 2. The molecule has 0 fully saturated rings. The van der Waals surface area contributed by atoms with Gasteiger partial charge in [-0.05, 0) is 49.2 Å². The minimum atomic E-state index is -0.668. The van der Waals surface area contributed by atoms with E-state index in [4.69, 9.17) is 9.47 Å². The molecule has 0 saturated heterocycles. The minimum absolute atomic E-state index is 0.0242. The second kappa shape index (κ2) is 9.43. The Morgan fingerprint density at radius 2 is 1.96 bits per heavy atom. The molecule has 28 heavy (non-hydrogen) atoms. The number of phenolic OH excluding ortho intramolecular Hbond substituents is 1. The van der Waals surface area contributed by atoms with E-state index in [-0.39, 0.29) is 18.3 Å². The number of aromatic hydroxyl groups is 1. The van der Waals surface area contributed by atoms with Crippen LogP contribution in [-0.2, 0) is 17.6 Å². The van der Waals surface area contributed by atoms with Crippen LogP contribution in [0.25, 0.3) is 0 Å². The van der Waals surface area contributed by atoms with Crippen molar-refractivity contribution in [2.24, 2.45) is 0 Å². The van der Waals surface area contributed by atoms with Gasteiger partial charge in [-0.1, -0.05) is 12.1 Å². The van der Waals surface area contributed by atoms with Gasteiger partial charge in [0.25, 0.3) is 0 Å². The van der Waals surface area contributed by atoms with E-state index < -0.39 is 6.10 Å². The number of aliphatic hydroxyl groups excluding tert-OH is 1. The molecule has 1 atom stereocenters. The van der Waals surface area contributed by atoms with Crippen molar-refractivity contribution in [3.8, 4) is 17.2 Å². The number of anilines is 1. The highest BCUT2D eigenvalue weighted by atomic mass is 16.5. The summed E-state index contributed by atoms with van der Waals surface area (Å²) >= 11 is 0. The predicted octanol–water partition coefficient (Wildman–Crippen LogP) is 1.86. The van der Waals surface area contributed by atoms with Crippen molar-refractivity contribution in [3.05, 3.63) is 47.5 Å². The molecule has 2 aromatic rings. The first-order valence-electron chi connectivity index (χ1n) is 9.36. The van der Waals surface area contributed by atoms with Crippen molar-refractivity contribution in [2.45, 2.75) is 25.4 Å². The molecule has 0 aromatic heterocycles. The zero-order valence-electron chi connectivity index (χ0n) is 15.9. The van der Waals surface area contributed by atoms with Crippen LogP contribution in [0.15, 0.2) is 36.4 Å². The number of amides is 1. The van der Waals surface area contributed by atoms with Gasteiger partial charge in [-0.2, -0.15) is 0 Å². The van der Waals surface area contributed by atoms with Crippen LogP contribution in [-0.4, -0.2) is 49.0 Å². The van der Waals surface area contributed by atoms with Gasteiger partial charge >= 0.3 is 0 Å². The fourth-order valence-electron chi connectivity index (χ4n) is 3.12. The summed E-state index contributed by atoms with van der Waals surface area (Å²) in [7, 11) is 1.64. The van der Waals surface area contributed by atoms with Gasteiger partial charge in [0, 0.05) is 18.5 Å². The molecule has 0 spiro atoms. The van der Waals surface area contributed by atoms with E-state index in [0.717, 1.165) is 24.3 Å². The Bertz CT molecular complexity index is 807. The number of rotatable bonds is 9. The van der Waals surface area contributed by atoms with Crippen molar-refractivity contribution in [3.63, 3.8) is 0 Å². The number of methoxy groups -OCH3 is 1. The SMILES string of the molecule is COc1ccc(CCNC[C@H](O)COc2ccc(O)c3c2CCC(=O)N3)cc1. The van der Waals surface area contributed by atoms with Gasteiger partial charge < -0.3 is 30.3 Å². The molecule has 150 valence electrons. The first-order valence-corrected chi connectivity index (χ1v) is 9.36. The lowest BCUT2D eigenvalue weighted by atomic mass is 10.0. The normalized spacial score (nSPS) is 14.1. The van der Waals surface area contributed by atoms with E-state index in [1.54, 1.807) is 13.2 Å². The molecule has 0 saturated carbocycles. The van der Waals surface area contributed by atoms with Crippen LogP contribution < -0.4 is 20.1 Å². The third-order valence-corrected chi connectivity index (χ3v) is 4.68. The molecule has 0 radical (unpaired) electrons. The smallest absolute Gasteiger partial charge is 0.224 e. The summed E-state index contributed by atoms with van der Waals surface area (Å²) in [6.07, 6.45) is 1.03. The fraction of sp³-hybridized carbons (Fsp3) is 0.381. The van der Waals surface area contributed by atoms with E-state index in [9.17, 15) is 15.0 Å². The number of aliphatic hydroxyl groups is 1. The van der Waals surface area contributed by atoms with Crippen molar-refractivity contribution >= 4 is 11.6 Å². The molecule has 2 aromatic carbocycles. The van der Waals surface area contributed by atoms with Crippen LogP contribution in [0.5, 0.6) is 17.2 Å². The van der Waals surface area contributed by atoms with Gasteiger partial charge in [0.05, 0.1) is 12.8 Å². The van der Waals surface area contributed by atoms with Gasteiger partial charge in [0.2, 0.25) is 5.91 Å². The molecule has 0 bridgehead atoms. The second-order valence-electron chi connectivity index (χ2n) is 6.75. The number of hydrogen-bond acceptors (Lipinski definition) is 6. The maximum Gasteiger partial charge on any atom is 0.224 e. The highest BCUT2D eigenvalue weighted by Gasteiger charge is 2.22. The summed E-state index contributed by atoms with van der Waals surface area (Å²) in [6, 6.07) is 11.0. The first kappa shape index (κ1) is 20.0. The summed E-state index contributed by atoms with van der Waals surface area (Å²) < 4.78 is 10.9. The Balaban J connectivity index is 1.42. The number of hydrogen-bond donors (Lipinski definition) is 4. The Morgan fingerprint density at radius 3 is 2.71 bits per heavy atom. The van der Waals surface area contributed by atoms with E-state index in [2.05, 4.69) is 10.6 Å². The lowest BCUT2D eigenvalue weighted by molar-refractivity contribution is -0.116. The molecule has 3 rings (SSSR count). The zero-order valence-corrected chi connectivity index (χ0v) is 15.9. The molecule has 1 amide bonds. The number of fused-ring (bicyclic) bond motifs is 1. The van der Waals surface area contributed by atoms with Gasteiger partial charge in [-0.15, -0.1) is 0 Å². The average Bonchev–Trinajstić information content (AvgIpc) is 2.71. The van der Waals surface area contributed by atoms with Crippen LogP contribution >= 0.6 is 0 Å². The number of phenols is 1. The Morgan fingerprint density at radius 1 is 1.18 bits per heavy atom.